The summed E-state index contributed by atoms with van der Waals surface area (Å²) in [5, 5.41) is 13.7. The first-order valence-corrected chi connectivity index (χ1v) is 9.12. The Morgan fingerprint density at radius 1 is 1.15 bits per heavy atom. The Hall–Kier alpha value is -3.39. The van der Waals surface area contributed by atoms with Crippen LogP contribution in [0.3, 0.4) is 0 Å². The summed E-state index contributed by atoms with van der Waals surface area (Å²) in [6.45, 7) is 0. The van der Waals surface area contributed by atoms with Gasteiger partial charge in [-0.2, -0.15) is 0 Å². The molecule has 2 aromatic carbocycles. The predicted molar refractivity (Wildman–Crippen MR) is 104 cm³/mol. The van der Waals surface area contributed by atoms with Gasteiger partial charge < -0.3 is 10.1 Å². The lowest BCUT2D eigenvalue weighted by molar-refractivity contribution is -0.384. The van der Waals surface area contributed by atoms with Crippen molar-refractivity contribution in [2.24, 2.45) is 0 Å². The van der Waals surface area contributed by atoms with Crippen molar-refractivity contribution >= 4 is 29.0 Å². The number of hydrogen-bond donors (Lipinski definition) is 1. The van der Waals surface area contributed by atoms with E-state index in [2.05, 4.69) is 10.3 Å². The number of nitrogens with zero attached hydrogens (tertiary/aromatic N) is 2. The molecule has 0 aliphatic rings. The number of anilines is 1. The van der Waals surface area contributed by atoms with Crippen molar-refractivity contribution in [2.75, 3.05) is 11.6 Å². The molecule has 1 heterocycles. The van der Waals surface area contributed by atoms with Gasteiger partial charge in [-0.15, -0.1) is 11.8 Å². The number of carbonyl (C=O) groups excluding carboxylic acids is 1. The third-order valence-corrected chi connectivity index (χ3v) is 4.31. The van der Waals surface area contributed by atoms with E-state index >= 15 is 0 Å². The SMILES string of the molecule is CSc1cccc(NC(=O)c2cccnc2Oc2cccc([N+](=O)[O-])c2)c1. The van der Waals surface area contributed by atoms with Gasteiger partial charge in [-0.25, -0.2) is 4.98 Å². The molecule has 27 heavy (non-hydrogen) atoms. The van der Waals surface area contributed by atoms with Crippen LogP contribution >= 0.6 is 11.8 Å². The average Bonchev–Trinajstić information content (AvgIpc) is 2.68. The van der Waals surface area contributed by atoms with Crippen molar-refractivity contribution < 1.29 is 14.5 Å². The summed E-state index contributed by atoms with van der Waals surface area (Å²) in [6.07, 6.45) is 3.44. The van der Waals surface area contributed by atoms with Gasteiger partial charge in [-0.3, -0.25) is 14.9 Å². The maximum atomic E-state index is 12.7. The number of non-ortho nitro benzene ring substituents is 1. The van der Waals surface area contributed by atoms with E-state index in [4.69, 9.17) is 4.74 Å². The number of carbonyl (C=O) groups is 1. The zero-order chi connectivity index (χ0) is 19.2. The second-order valence-electron chi connectivity index (χ2n) is 5.40. The van der Waals surface area contributed by atoms with Crippen molar-refractivity contribution in [3.63, 3.8) is 0 Å². The number of aromatic nitrogens is 1. The summed E-state index contributed by atoms with van der Waals surface area (Å²) in [7, 11) is 0. The lowest BCUT2D eigenvalue weighted by Crippen LogP contribution is -2.13. The third kappa shape index (κ3) is 4.62. The number of hydrogen-bond acceptors (Lipinski definition) is 6. The zero-order valence-electron chi connectivity index (χ0n) is 14.3. The lowest BCUT2D eigenvalue weighted by Gasteiger charge is -2.11. The standard InChI is InChI=1S/C19H15N3O4S/c1-27-16-8-2-5-13(11-16)21-18(23)17-9-4-10-20-19(17)26-15-7-3-6-14(12-15)22(24)25/h2-12H,1H3,(H,21,23). The van der Waals surface area contributed by atoms with Gasteiger partial charge in [0, 0.05) is 22.8 Å². The van der Waals surface area contributed by atoms with Crippen molar-refractivity contribution in [3.8, 4) is 11.6 Å². The molecule has 0 bridgehead atoms. The first-order chi connectivity index (χ1) is 13.1. The van der Waals surface area contributed by atoms with Crippen LogP contribution in [0.2, 0.25) is 0 Å². The molecular formula is C19H15N3O4S. The fourth-order valence-electron chi connectivity index (χ4n) is 2.32. The number of thioether (sulfide) groups is 1. The number of nitrogens with one attached hydrogen (secondary N) is 1. The molecule has 0 unspecified atom stereocenters. The summed E-state index contributed by atoms with van der Waals surface area (Å²) >= 11 is 1.57. The Morgan fingerprint density at radius 2 is 1.96 bits per heavy atom. The van der Waals surface area contributed by atoms with E-state index in [-0.39, 0.29) is 28.8 Å². The Bertz CT molecular complexity index is 994. The molecule has 136 valence electrons. The topological polar surface area (TPSA) is 94.4 Å². The van der Waals surface area contributed by atoms with Crippen LogP contribution < -0.4 is 10.1 Å². The highest BCUT2D eigenvalue weighted by Gasteiger charge is 2.16. The molecule has 0 spiro atoms. The summed E-state index contributed by atoms with van der Waals surface area (Å²) < 4.78 is 5.62. The van der Waals surface area contributed by atoms with E-state index in [1.54, 1.807) is 36.0 Å². The highest BCUT2D eigenvalue weighted by Crippen LogP contribution is 2.27. The van der Waals surface area contributed by atoms with Crippen LogP contribution in [-0.4, -0.2) is 22.1 Å². The normalized spacial score (nSPS) is 10.3. The molecule has 1 amide bonds. The van der Waals surface area contributed by atoms with Crippen LogP contribution in [0, 0.1) is 10.1 Å². The number of benzene rings is 2. The first-order valence-electron chi connectivity index (χ1n) is 7.89. The Labute approximate surface area is 159 Å². The average molecular weight is 381 g/mol. The zero-order valence-corrected chi connectivity index (χ0v) is 15.1. The van der Waals surface area contributed by atoms with E-state index in [1.807, 2.05) is 24.5 Å². The van der Waals surface area contributed by atoms with Gasteiger partial charge in [0.1, 0.15) is 11.3 Å². The van der Waals surface area contributed by atoms with E-state index in [1.165, 1.54) is 24.4 Å². The minimum absolute atomic E-state index is 0.0662. The molecule has 0 saturated heterocycles. The van der Waals surface area contributed by atoms with Gasteiger partial charge in [0.15, 0.2) is 0 Å². The van der Waals surface area contributed by atoms with Crippen molar-refractivity contribution in [1.29, 1.82) is 0 Å². The van der Waals surface area contributed by atoms with Gasteiger partial charge in [-0.1, -0.05) is 12.1 Å². The molecule has 7 nitrogen and oxygen atoms in total. The molecule has 1 N–H and O–H groups in total. The smallest absolute Gasteiger partial charge is 0.273 e. The second kappa shape index (κ2) is 8.33. The van der Waals surface area contributed by atoms with Crippen LogP contribution in [-0.2, 0) is 0 Å². The van der Waals surface area contributed by atoms with Crippen molar-refractivity contribution in [3.05, 3.63) is 82.5 Å². The van der Waals surface area contributed by atoms with Crippen LogP contribution in [0.5, 0.6) is 11.6 Å². The van der Waals surface area contributed by atoms with Crippen LogP contribution in [0.4, 0.5) is 11.4 Å². The Balaban J connectivity index is 1.84. The molecule has 0 saturated carbocycles. The maximum absolute atomic E-state index is 12.7. The van der Waals surface area contributed by atoms with Gasteiger partial charge in [-0.05, 0) is 42.7 Å². The van der Waals surface area contributed by atoms with Gasteiger partial charge in [0.25, 0.3) is 11.6 Å². The molecule has 1 aromatic heterocycles. The maximum Gasteiger partial charge on any atom is 0.273 e. The quantitative estimate of drug-likeness (QED) is 0.376. The number of rotatable bonds is 6. The molecule has 0 aliphatic carbocycles. The number of ether oxygens (including phenoxy) is 1. The minimum Gasteiger partial charge on any atom is -0.438 e. The molecule has 3 aromatic rings. The van der Waals surface area contributed by atoms with E-state index < -0.39 is 4.92 Å². The predicted octanol–water partition coefficient (Wildman–Crippen LogP) is 4.76. The highest BCUT2D eigenvalue weighted by atomic mass is 32.2. The molecule has 8 heteroatoms. The molecule has 0 aliphatic heterocycles. The second-order valence-corrected chi connectivity index (χ2v) is 6.28. The van der Waals surface area contributed by atoms with Crippen LogP contribution in [0.15, 0.2) is 71.8 Å². The number of nitro benzene ring substituents is 1. The number of amides is 1. The Kier molecular flexibility index (Phi) is 5.68. The van der Waals surface area contributed by atoms with E-state index in [9.17, 15) is 14.9 Å². The fraction of sp³-hybridized carbons (Fsp3) is 0.0526. The largest absolute Gasteiger partial charge is 0.438 e. The molecule has 0 fully saturated rings. The monoisotopic (exact) mass is 381 g/mol. The molecule has 0 atom stereocenters. The van der Waals surface area contributed by atoms with Crippen LogP contribution in [0.1, 0.15) is 10.4 Å². The summed E-state index contributed by atoms with van der Waals surface area (Å²) in [5.41, 5.74) is 0.763. The summed E-state index contributed by atoms with van der Waals surface area (Å²) in [4.78, 5) is 28.2. The third-order valence-electron chi connectivity index (χ3n) is 3.59. The lowest BCUT2D eigenvalue weighted by atomic mass is 10.2. The highest BCUT2D eigenvalue weighted by molar-refractivity contribution is 7.98. The fourth-order valence-corrected chi connectivity index (χ4v) is 2.78. The first kappa shape index (κ1) is 18.4. The summed E-state index contributed by atoms with van der Waals surface area (Å²) in [5.74, 6) is -0.0976. The number of nitro groups is 1. The van der Waals surface area contributed by atoms with E-state index in [0.717, 1.165) is 4.90 Å². The van der Waals surface area contributed by atoms with Gasteiger partial charge in [0.05, 0.1) is 11.0 Å². The summed E-state index contributed by atoms with van der Waals surface area (Å²) in [6, 6.07) is 16.3. The Morgan fingerprint density at radius 3 is 2.74 bits per heavy atom. The van der Waals surface area contributed by atoms with E-state index in [0.29, 0.717) is 5.69 Å². The van der Waals surface area contributed by atoms with Gasteiger partial charge in [0.2, 0.25) is 5.88 Å². The minimum atomic E-state index is -0.516. The van der Waals surface area contributed by atoms with Crippen LogP contribution in [0.25, 0.3) is 0 Å². The van der Waals surface area contributed by atoms with Gasteiger partial charge >= 0.3 is 0 Å². The molecule has 0 radical (unpaired) electrons. The van der Waals surface area contributed by atoms with Crippen molar-refractivity contribution in [2.45, 2.75) is 4.90 Å². The molecule has 3 rings (SSSR count). The number of pyridine rings is 1. The molecular weight excluding hydrogens is 366 g/mol. The van der Waals surface area contributed by atoms with Crippen molar-refractivity contribution in [1.82, 2.24) is 4.98 Å².